The molecule has 0 radical (unpaired) electrons. The Balaban J connectivity index is 0.819. The molecule has 0 atom stereocenters. The SMILES string of the molecule is CN(CCCN(Cc1ccccn1)Cc1ccccn1)CCCN1C(=O)c2ccc3c4c(ccc(c24)C1=O)C(=O)N(CCCN(C)CCCN(Cc1ccccn1)Cc1ccccn1)C3=O. The topological polar surface area (TPSA) is 139 Å². The van der Waals surface area contributed by atoms with Crippen molar-refractivity contribution in [3.05, 3.63) is 167 Å². The van der Waals surface area contributed by atoms with Gasteiger partial charge in [0.25, 0.3) is 23.6 Å². The van der Waals surface area contributed by atoms with Crippen LogP contribution in [0, 0.1) is 0 Å². The summed E-state index contributed by atoms with van der Waals surface area (Å²) in [5.74, 6) is -1.61. The summed E-state index contributed by atoms with van der Waals surface area (Å²) in [5.41, 5.74) is 5.40. The molecule has 4 amide bonds. The minimum atomic E-state index is -0.402. The first kappa shape index (κ1) is 46.0. The Bertz CT molecular complexity index is 2270. The highest BCUT2D eigenvalue weighted by atomic mass is 16.2. The van der Waals surface area contributed by atoms with Crippen LogP contribution in [0.3, 0.4) is 0 Å². The summed E-state index contributed by atoms with van der Waals surface area (Å²) in [6, 6.07) is 30.4. The molecule has 0 saturated heterocycles. The normalized spacial score (nSPS) is 13.7. The molecule has 0 saturated carbocycles. The van der Waals surface area contributed by atoms with E-state index in [0.29, 0.717) is 59.0 Å². The fourth-order valence-electron chi connectivity index (χ4n) is 9.04. The molecule has 0 unspecified atom stereocenters. The van der Waals surface area contributed by atoms with Crippen LogP contribution in [-0.4, -0.2) is 139 Å². The van der Waals surface area contributed by atoms with E-state index in [1.165, 1.54) is 9.80 Å². The lowest BCUT2D eigenvalue weighted by Crippen LogP contribution is -2.44. The van der Waals surface area contributed by atoms with Gasteiger partial charge in [-0.2, -0.15) is 0 Å². The van der Waals surface area contributed by atoms with Gasteiger partial charge in [0, 0.05) is 110 Å². The van der Waals surface area contributed by atoms with Gasteiger partial charge in [-0.05, 0) is 139 Å². The smallest absolute Gasteiger partial charge is 0.261 e. The largest absolute Gasteiger partial charge is 0.306 e. The van der Waals surface area contributed by atoms with E-state index in [1.54, 1.807) is 24.3 Å². The minimum Gasteiger partial charge on any atom is -0.306 e. The molecule has 0 aliphatic carbocycles. The quantitative estimate of drug-likeness (QED) is 0.0619. The van der Waals surface area contributed by atoms with Crippen molar-refractivity contribution in [3.63, 3.8) is 0 Å². The second-order valence-electron chi connectivity index (χ2n) is 17.3. The molecule has 14 heteroatoms. The number of pyridine rings is 4. The van der Waals surface area contributed by atoms with Crippen LogP contribution >= 0.6 is 0 Å². The Morgan fingerprint density at radius 1 is 0.379 bits per heavy atom. The fraction of sp³-hybridized carbons (Fsp3) is 0.346. The van der Waals surface area contributed by atoms with Gasteiger partial charge >= 0.3 is 0 Å². The molecule has 0 N–H and O–H groups in total. The van der Waals surface area contributed by atoms with E-state index < -0.39 is 23.6 Å². The van der Waals surface area contributed by atoms with E-state index in [1.807, 2.05) is 97.6 Å². The number of carbonyl (C=O) groups excluding carboxylic acids is 4. The van der Waals surface area contributed by atoms with Gasteiger partial charge in [-0.25, -0.2) is 0 Å². The zero-order valence-corrected chi connectivity index (χ0v) is 38.0. The fourth-order valence-corrected chi connectivity index (χ4v) is 9.04. The molecule has 66 heavy (non-hydrogen) atoms. The van der Waals surface area contributed by atoms with Crippen molar-refractivity contribution in [2.45, 2.75) is 51.9 Å². The zero-order valence-electron chi connectivity index (χ0n) is 38.0. The second kappa shape index (κ2) is 22.1. The van der Waals surface area contributed by atoms with Crippen molar-refractivity contribution in [2.75, 3.05) is 66.5 Å². The van der Waals surface area contributed by atoms with Crippen LogP contribution in [0.2, 0.25) is 0 Å². The Morgan fingerprint density at radius 2 is 0.667 bits per heavy atom. The number of aromatic nitrogens is 4. The number of nitrogens with zero attached hydrogens (tertiary/aromatic N) is 10. The molecule has 6 heterocycles. The maximum absolute atomic E-state index is 14.0. The van der Waals surface area contributed by atoms with Crippen molar-refractivity contribution >= 4 is 34.4 Å². The van der Waals surface area contributed by atoms with Crippen LogP contribution < -0.4 is 0 Å². The van der Waals surface area contributed by atoms with E-state index in [0.717, 1.165) is 88.0 Å². The predicted octanol–water partition coefficient (Wildman–Crippen LogP) is 6.44. The molecule has 8 rings (SSSR count). The summed E-state index contributed by atoms with van der Waals surface area (Å²) in [7, 11) is 4.11. The van der Waals surface area contributed by atoms with Gasteiger partial charge in [0.2, 0.25) is 0 Å². The highest BCUT2D eigenvalue weighted by molar-refractivity contribution is 6.33. The minimum absolute atomic E-state index is 0.257. The number of hydrogen-bond acceptors (Lipinski definition) is 12. The van der Waals surface area contributed by atoms with Gasteiger partial charge in [-0.3, -0.25) is 58.7 Å². The molecule has 6 aromatic rings. The Hall–Kier alpha value is -6.58. The molecule has 2 aliphatic heterocycles. The van der Waals surface area contributed by atoms with Crippen LogP contribution in [0.25, 0.3) is 10.8 Å². The van der Waals surface area contributed by atoms with Crippen molar-refractivity contribution in [1.29, 1.82) is 0 Å². The highest BCUT2D eigenvalue weighted by Gasteiger charge is 2.39. The number of benzene rings is 2. The monoisotopic (exact) mass is 886 g/mol. The van der Waals surface area contributed by atoms with Crippen LogP contribution in [0.15, 0.2) is 122 Å². The first-order chi connectivity index (χ1) is 32.2. The zero-order chi connectivity index (χ0) is 45.8. The summed E-state index contributed by atoms with van der Waals surface area (Å²) >= 11 is 0. The molecule has 340 valence electrons. The van der Waals surface area contributed by atoms with Gasteiger partial charge < -0.3 is 9.80 Å². The standard InChI is InChI=1S/C52H58N10O4/c1-57(27-11-31-59(35-39-15-3-7-23-53-39)36-40-16-4-8-24-54-40)29-13-33-61-49(63)43-19-21-45-48-46(22-20-44(47(43)48)50(61)64)52(66)62(51(45)65)34-14-30-58(2)28-12-32-60(37-41-17-5-9-25-55-41)38-42-18-6-10-26-56-42/h3-10,15-26H,11-14,27-38H2,1-2H3. The number of carbonyl (C=O) groups is 4. The third kappa shape index (κ3) is 11.3. The molecule has 0 bridgehead atoms. The molecule has 0 spiro atoms. The van der Waals surface area contributed by atoms with Gasteiger partial charge in [-0.15, -0.1) is 0 Å². The van der Waals surface area contributed by atoms with Gasteiger partial charge in [-0.1, -0.05) is 24.3 Å². The van der Waals surface area contributed by atoms with E-state index in [4.69, 9.17) is 0 Å². The third-order valence-corrected chi connectivity index (χ3v) is 12.4. The maximum atomic E-state index is 14.0. The molecular weight excluding hydrogens is 829 g/mol. The van der Waals surface area contributed by atoms with Crippen molar-refractivity contribution in [3.8, 4) is 0 Å². The van der Waals surface area contributed by atoms with Crippen LogP contribution in [0.4, 0.5) is 0 Å². The Labute approximate surface area is 386 Å². The van der Waals surface area contributed by atoms with E-state index >= 15 is 0 Å². The third-order valence-electron chi connectivity index (χ3n) is 12.4. The molecular formula is C52H58N10O4. The first-order valence-electron chi connectivity index (χ1n) is 23.0. The van der Waals surface area contributed by atoms with Crippen LogP contribution in [-0.2, 0) is 26.2 Å². The Morgan fingerprint density at radius 3 is 0.939 bits per heavy atom. The number of amides is 4. The predicted molar refractivity (Wildman–Crippen MR) is 253 cm³/mol. The van der Waals surface area contributed by atoms with E-state index in [2.05, 4.69) is 53.6 Å². The van der Waals surface area contributed by atoms with E-state index in [9.17, 15) is 19.2 Å². The van der Waals surface area contributed by atoms with Crippen LogP contribution in [0.5, 0.6) is 0 Å². The molecule has 4 aromatic heterocycles. The first-order valence-corrected chi connectivity index (χ1v) is 23.0. The molecule has 14 nitrogen and oxygen atoms in total. The van der Waals surface area contributed by atoms with Crippen LogP contribution in [0.1, 0.15) is 89.9 Å². The lowest BCUT2D eigenvalue weighted by Gasteiger charge is -2.32. The molecule has 2 aromatic carbocycles. The highest BCUT2D eigenvalue weighted by Crippen LogP contribution is 2.38. The summed E-state index contributed by atoms with van der Waals surface area (Å²) in [6.45, 7) is 8.19. The number of imide groups is 2. The maximum Gasteiger partial charge on any atom is 0.261 e. The van der Waals surface area contributed by atoms with Gasteiger partial charge in [0.15, 0.2) is 0 Å². The average Bonchev–Trinajstić information content (AvgIpc) is 3.33. The van der Waals surface area contributed by atoms with Crippen molar-refractivity contribution in [1.82, 2.24) is 49.3 Å². The van der Waals surface area contributed by atoms with Gasteiger partial charge in [0.05, 0.1) is 22.8 Å². The molecule has 2 aliphatic rings. The van der Waals surface area contributed by atoms with Gasteiger partial charge in [0.1, 0.15) is 0 Å². The lowest BCUT2D eigenvalue weighted by atomic mass is 9.86. The summed E-state index contributed by atoms with van der Waals surface area (Å²) < 4.78 is 0. The lowest BCUT2D eigenvalue weighted by molar-refractivity contribution is 0.0583. The summed E-state index contributed by atoms with van der Waals surface area (Å²) in [5, 5.41) is 0.797. The Kier molecular flexibility index (Phi) is 15.4. The number of hydrogen-bond donors (Lipinski definition) is 0. The second-order valence-corrected chi connectivity index (χ2v) is 17.3. The molecule has 0 fully saturated rings. The average molecular weight is 887 g/mol. The van der Waals surface area contributed by atoms with E-state index in [-0.39, 0.29) is 13.1 Å². The van der Waals surface area contributed by atoms with Crippen molar-refractivity contribution in [2.24, 2.45) is 0 Å². The van der Waals surface area contributed by atoms with Crippen molar-refractivity contribution < 1.29 is 19.2 Å². The number of rotatable bonds is 24. The summed E-state index contributed by atoms with van der Waals surface area (Å²) in [6.07, 6.45) is 10.3. The summed E-state index contributed by atoms with van der Waals surface area (Å²) in [4.78, 5) is 85.7.